The lowest BCUT2D eigenvalue weighted by atomic mass is 9.92. The lowest BCUT2D eigenvalue weighted by Crippen LogP contribution is -2.35. The van der Waals surface area contributed by atoms with Crippen LogP contribution < -0.4 is 0 Å². The summed E-state index contributed by atoms with van der Waals surface area (Å²) in [6.45, 7) is 2.26. The summed E-state index contributed by atoms with van der Waals surface area (Å²) in [5, 5.41) is 24.4. The molecule has 9 heteroatoms. The second-order valence-corrected chi connectivity index (χ2v) is 7.66. The number of piperidine rings is 1. The Morgan fingerprint density at radius 1 is 1.33 bits per heavy atom. The zero-order valence-electron chi connectivity index (χ0n) is 17.0. The molecular formula is C21H23N7O2. The molecule has 1 fully saturated rings. The number of benzene rings is 1. The SMILES string of the molecule is CN(C)C(=O)c1cn[nH]c1[C@H]1CCCN(Cc2nnc(-c3ccc(C#N)cc3)o2)C1. The van der Waals surface area contributed by atoms with Gasteiger partial charge in [-0.3, -0.25) is 14.8 Å². The van der Waals surface area contributed by atoms with Crippen LogP contribution in [0, 0.1) is 11.3 Å². The van der Waals surface area contributed by atoms with E-state index >= 15 is 0 Å². The second kappa shape index (κ2) is 8.47. The topological polar surface area (TPSA) is 115 Å². The largest absolute Gasteiger partial charge is 0.419 e. The molecule has 3 heterocycles. The minimum atomic E-state index is -0.0418. The van der Waals surface area contributed by atoms with Crippen molar-refractivity contribution in [1.82, 2.24) is 30.2 Å². The highest BCUT2D eigenvalue weighted by Crippen LogP contribution is 2.29. The number of hydrogen-bond acceptors (Lipinski definition) is 7. The molecule has 154 valence electrons. The van der Waals surface area contributed by atoms with Crippen LogP contribution in [0.5, 0.6) is 0 Å². The number of aromatic nitrogens is 4. The van der Waals surface area contributed by atoms with Gasteiger partial charge in [-0.2, -0.15) is 10.4 Å². The number of nitrogens with one attached hydrogen (secondary N) is 1. The van der Waals surface area contributed by atoms with Gasteiger partial charge in [-0.25, -0.2) is 0 Å². The Balaban J connectivity index is 1.44. The Morgan fingerprint density at radius 3 is 2.87 bits per heavy atom. The second-order valence-electron chi connectivity index (χ2n) is 7.66. The number of H-pyrrole nitrogens is 1. The highest BCUT2D eigenvalue weighted by molar-refractivity contribution is 5.94. The molecule has 3 aromatic rings. The predicted octanol–water partition coefficient (Wildman–Crippen LogP) is 2.41. The first-order valence-corrected chi connectivity index (χ1v) is 9.85. The average Bonchev–Trinajstić information content (AvgIpc) is 3.43. The van der Waals surface area contributed by atoms with Crippen LogP contribution in [0.3, 0.4) is 0 Å². The number of carbonyl (C=O) groups is 1. The molecule has 1 atom stereocenters. The van der Waals surface area contributed by atoms with Gasteiger partial charge < -0.3 is 9.32 Å². The van der Waals surface area contributed by atoms with Crippen LogP contribution in [0.4, 0.5) is 0 Å². The van der Waals surface area contributed by atoms with E-state index < -0.39 is 0 Å². The number of hydrogen-bond donors (Lipinski definition) is 1. The van der Waals surface area contributed by atoms with Crippen molar-refractivity contribution in [3.8, 4) is 17.5 Å². The normalized spacial score (nSPS) is 16.9. The highest BCUT2D eigenvalue weighted by atomic mass is 16.4. The maximum Gasteiger partial charge on any atom is 0.256 e. The van der Waals surface area contributed by atoms with Crippen molar-refractivity contribution in [2.75, 3.05) is 27.2 Å². The lowest BCUT2D eigenvalue weighted by Gasteiger charge is -2.31. The molecule has 1 aromatic carbocycles. The predicted molar refractivity (Wildman–Crippen MR) is 108 cm³/mol. The summed E-state index contributed by atoms with van der Waals surface area (Å²) >= 11 is 0. The first-order valence-electron chi connectivity index (χ1n) is 9.85. The van der Waals surface area contributed by atoms with E-state index in [-0.39, 0.29) is 11.8 Å². The first-order chi connectivity index (χ1) is 14.5. The zero-order chi connectivity index (χ0) is 21.1. The summed E-state index contributed by atoms with van der Waals surface area (Å²) < 4.78 is 5.84. The van der Waals surface area contributed by atoms with Gasteiger partial charge in [0.2, 0.25) is 11.8 Å². The molecule has 30 heavy (non-hydrogen) atoms. The molecule has 4 rings (SSSR count). The molecule has 0 spiro atoms. The van der Waals surface area contributed by atoms with Crippen LogP contribution in [0.25, 0.3) is 11.5 Å². The van der Waals surface area contributed by atoms with Crippen molar-refractivity contribution < 1.29 is 9.21 Å². The molecule has 1 aliphatic rings. The molecule has 1 N–H and O–H groups in total. The molecule has 0 aliphatic carbocycles. The van der Waals surface area contributed by atoms with Crippen molar-refractivity contribution in [2.45, 2.75) is 25.3 Å². The summed E-state index contributed by atoms with van der Waals surface area (Å²) in [5.41, 5.74) is 2.90. The van der Waals surface area contributed by atoms with Gasteiger partial charge in [0.15, 0.2) is 0 Å². The number of amides is 1. The molecule has 9 nitrogen and oxygen atoms in total. The monoisotopic (exact) mass is 405 g/mol. The van der Waals surface area contributed by atoms with Crippen LogP contribution in [0.1, 0.15) is 46.3 Å². The fourth-order valence-electron chi connectivity index (χ4n) is 3.77. The molecule has 1 amide bonds. The van der Waals surface area contributed by atoms with Gasteiger partial charge in [0.05, 0.1) is 35.6 Å². The molecule has 0 bridgehead atoms. The van der Waals surface area contributed by atoms with Crippen LogP contribution in [-0.2, 0) is 6.54 Å². The van der Waals surface area contributed by atoms with E-state index in [2.05, 4.69) is 31.4 Å². The Labute approximate surface area is 174 Å². The van der Waals surface area contributed by atoms with Gasteiger partial charge >= 0.3 is 0 Å². The van der Waals surface area contributed by atoms with Gasteiger partial charge in [-0.15, -0.1) is 10.2 Å². The smallest absolute Gasteiger partial charge is 0.256 e. The highest BCUT2D eigenvalue weighted by Gasteiger charge is 2.28. The minimum Gasteiger partial charge on any atom is -0.419 e. The number of nitriles is 1. The Hall–Kier alpha value is -3.51. The van der Waals surface area contributed by atoms with E-state index in [1.165, 1.54) is 0 Å². The summed E-state index contributed by atoms with van der Waals surface area (Å²) in [6.07, 6.45) is 3.61. The Kier molecular flexibility index (Phi) is 5.59. The van der Waals surface area contributed by atoms with Crippen molar-refractivity contribution in [3.05, 3.63) is 53.2 Å². The number of aromatic amines is 1. The van der Waals surface area contributed by atoms with E-state index in [9.17, 15) is 4.79 Å². The zero-order valence-corrected chi connectivity index (χ0v) is 17.0. The summed E-state index contributed by atoms with van der Waals surface area (Å²) in [5.74, 6) is 1.14. The quantitative estimate of drug-likeness (QED) is 0.693. The van der Waals surface area contributed by atoms with Crippen molar-refractivity contribution in [3.63, 3.8) is 0 Å². The summed E-state index contributed by atoms with van der Waals surface area (Å²) in [6, 6.07) is 9.15. The lowest BCUT2D eigenvalue weighted by molar-refractivity contribution is 0.0824. The third kappa shape index (κ3) is 4.09. The number of likely N-dealkylation sites (tertiary alicyclic amines) is 1. The molecule has 0 radical (unpaired) electrons. The average molecular weight is 405 g/mol. The molecule has 1 aliphatic heterocycles. The molecule has 2 aromatic heterocycles. The fraction of sp³-hybridized carbons (Fsp3) is 0.381. The van der Waals surface area contributed by atoms with Gasteiger partial charge in [0.25, 0.3) is 5.91 Å². The van der Waals surface area contributed by atoms with E-state index in [0.717, 1.165) is 37.2 Å². The minimum absolute atomic E-state index is 0.0418. The summed E-state index contributed by atoms with van der Waals surface area (Å²) in [7, 11) is 3.49. The summed E-state index contributed by atoms with van der Waals surface area (Å²) in [4.78, 5) is 16.2. The van der Waals surface area contributed by atoms with E-state index in [1.807, 2.05) is 0 Å². The molecule has 1 saturated heterocycles. The number of nitrogens with zero attached hydrogens (tertiary/aromatic N) is 6. The van der Waals surface area contributed by atoms with Crippen molar-refractivity contribution in [2.24, 2.45) is 0 Å². The van der Waals surface area contributed by atoms with Gasteiger partial charge in [0.1, 0.15) is 0 Å². The Morgan fingerprint density at radius 2 is 2.13 bits per heavy atom. The van der Waals surface area contributed by atoms with E-state index in [4.69, 9.17) is 9.68 Å². The van der Waals surface area contributed by atoms with Gasteiger partial charge in [-0.05, 0) is 43.7 Å². The fourth-order valence-corrected chi connectivity index (χ4v) is 3.77. The van der Waals surface area contributed by atoms with Crippen molar-refractivity contribution in [1.29, 1.82) is 5.26 Å². The van der Waals surface area contributed by atoms with Crippen LogP contribution in [0.15, 0.2) is 34.9 Å². The van der Waals surface area contributed by atoms with Crippen LogP contribution >= 0.6 is 0 Å². The number of rotatable bonds is 5. The van der Waals surface area contributed by atoms with E-state index in [0.29, 0.717) is 29.5 Å². The molecular weight excluding hydrogens is 382 g/mol. The maximum absolute atomic E-state index is 12.4. The van der Waals surface area contributed by atoms with Gasteiger partial charge in [-0.1, -0.05) is 0 Å². The van der Waals surface area contributed by atoms with Crippen LogP contribution in [0.2, 0.25) is 0 Å². The van der Waals surface area contributed by atoms with Gasteiger partial charge in [0, 0.05) is 32.1 Å². The third-order valence-electron chi connectivity index (χ3n) is 5.31. The first kappa shape index (κ1) is 19.8. The standard InChI is InChI=1S/C21H23N7O2/c1-27(2)21(29)17-11-23-25-19(17)16-4-3-9-28(12-16)13-18-24-26-20(30-18)15-7-5-14(10-22)6-8-15/h5-8,11,16H,3-4,9,12-13H2,1-2H3,(H,23,25)/t16-/m0/s1. The number of carbonyl (C=O) groups excluding carboxylic acids is 1. The maximum atomic E-state index is 12.4. The third-order valence-corrected chi connectivity index (χ3v) is 5.31. The van der Waals surface area contributed by atoms with Crippen molar-refractivity contribution >= 4 is 5.91 Å². The van der Waals surface area contributed by atoms with Crippen LogP contribution in [-0.4, -0.2) is 63.3 Å². The molecule has 0 unspecified atom stereocenters. The molecule has 0 saturated carbocycles. The Bertz CT molecular complexity index is 1060. The van der Waals surface area contributed by atoms with E-state index in [1.54, 1.807) is 49.5 Å².